The number of aromatic nitrogens is 2. The highest BCUT2D eigenvalue weighted by Crippen LogP contribution is 2.26. The average molecular weight is 527 g/mol. The van der Waals surface area contributed by atoms with Gasteiger partial charge in [0.25, 0.3) is 5.91 Å². The third-order valence-electron chi connectivity index (χ3n) is 5.69. The van der Waals surface area contributed by atoms with Crippen LogP contribution in [0.15, 0.2) is 97.5 Å². The van der Waals surface area contributed by atoms with Crippen molar-refractivity contribution in [3.05, 3.63) is 109 Å². The lowest BCUT2D eigenvalue weighted by molar-refractivity contribution is -0.140. The number of benzene rings is 3. The van der Waals surface area contributed by atoms with Gasteiger partial charge in [0.05, 0.1) is 17.6 Å². The molecule has 0 aliphatic heterocycles. The second kappa shape index (κ2) is 12.8. The number of carbonyl (C=O) groups excluding carboxylic acids is 2. The lowest BCUT2D eigenvalue weighted by Gasteiger charge is -2.16. The molecule has 2 atom stereocenters. The summed E-state index contributed by atoms with van der Waals surface area (Å²) in [6.45, 7) is 1.53. The van der Waals surface area contributed by atoms with E-state index in [4.69, 9.17) is 9.47 Å². The number of hydrogen-bond acceptors (Lipinski definition) is 7. The molecule has 0 radical (unpaired) electrons. The monoisotopic (exact) mass is 526 g/mol. The maximum absolute atomic E-state index is 12.7. The first-order valence-corrected chi connectivity index (χ1v) is 12.0. The molecule has 0 aliphatic rings. The number of amides is 2. The quantitative estimate of drug-likeness (QED) is 0.270. The van der Waals surface area contributed by atoms with Gasteiger partial charge in [-0.2, -0.15) is 0 Å². The molecule has 198 valence electrons. The fourth-order valence-corrected chi connectivity index (χ4v) is 3.64. The lowest BCUT2D eigenvalue weighted by atomic mass is 10.1. The summed E-state index contributed by atoms with van der Waals surface area (Å²) in [5.74, 6) is -1.30. The number of anilines is 1. The molecule has 0 saturated carbocycles. The summed E-state index contributed by atoms with van der Waals surface area (Å²) in [5, 5.41) is 14.6. The van der Waals surface area contributed by atoms with E-state index >= 15 is 0 Å². The van der Waals surface area contributed by atoms with E-state index in [-0.39, 0.29) is 12.2 Å². The van der Waals surface area contributed by atoms with Gasteiger partial charge in [0.15, 0.2) is 6.04 Å². The normalized spacial score (nSPS) is 12.0. The van der Waals surface area contributed by atoms with Gasteiger partial charge in [0.1, 0.15) is 24.8 Å². The summed E-state index contributed by atoms with van der Waals surface area (Å²) < 4.78 is 11.0. The van der Waals surface area contributed by atoms with Gasteiger partial charge >= 0.3 is 12.1 Å². The van der Waals surface area contributed by atoms with Crippen LogP contribution in [0, 0.1) is 0 Å². The third kappa shape index (κ3) is 7.39. The molecule has 3 aromatic carbocycles. The molecule has 3 N–H and O–H groups in total. The average Bonchev–Trinajstić information content (AvgIpc) is 2.96. The van der Waals surface area contributed by atoms with Crippen LogP contribution in [-0.4, -0.2) is 45.7 Å². The number of rotatable bonds is 10. The summed E-state index contributed by atoms with van der Waals surface area (Å²) in [5.41, 5.74) is 2.43. The van der Waals surface area contributed by atoms with Crippen LogP contribution in [0.4, 0.5) is 10.5 Å². The minimum atomic E-state index is -1.25. The maximum atomic E-state index is 12.7. The zero-order valence-electron chi connectivity index (χ0n) is 21.0. The molecule has 2 amide bonds. The second-order valence-electron chi connectivity index (χ2n) is 8.43. The molecular formula is C29H26N4O6. The number of carbonyl (C=O) groups is 3. The molecule has 1 aromatic heterocycles. The minimum Gasteiger partial charge on any atom is -0.491 e. The predicted molar refractivity (Wildman–Crippen MR) is 143 cm³/mol. The van der Waals surface area contributed by atoms with Gasteiger partial charge in [-0.1, -0.05) is 60.7 Å². The number of nitrogens with zero attached hydrogens (tertiary/aromatic N) is 2. The lowest BCUT2D eigenvalue weighted by Crippen LogP contribution is -2.44. The Hall–Kier alpha value is -5.25. The van der Waals surface area contributed by atoms with Crippen molar-refractivity contribution in [3.8, 4) is 17.0 Å². The summed E-state index contributed by atoms with van der Waals surface area (Å²) in [6.07, 6.45) is 1.64. The fraction of sp³-hybridized carbons (Fsp3) is 0.138. The van der Waals surface area contributed by atoms with Gasteiger partial charge in [-0.05, 0) is 36.8 Å². The summed E-state index contributed by atoms with van der Waals surface area (Å²) >= 11 is 0. The highest BCUT2D eigenvalue weighted by Gasteiger charge is 2.22. The Morgan fingerprint density at radius 3 is 2.26 bits per heavy atom. The summed E-state index contributed by atoms with van der Waals surface area (Å²) in [6, 6.07) is 23.1. The van der Waals surface area contributed by atoms with E-state index in [1.54, 1.807) is 43.3 Å². The van der Waals surface area contributed by atoms with E-state index in [9.17, 15) is 19.5 Å². The van der Waals surface area contributed by atoms with Crippen LogP contribution in [0.1, 0.15) is 28.9 Å². The van der Waals surface area contributed by atoms with Crippen LogP contribution >= 0.6 is 0 Å². The van der Waals surface area contributed by atoms with Crippen molar-refractivity contribution >= 4 is 23.7 Å². The number of hydrogen-bond donors (Lipinski definition) is 3. The van der Waals surface area contributed by atoms with Gasteiger partial charge in [-0.3, -0.25) is 10.1 Å². The molecule has 4 rings (SSSR count). The maximum Gasteiger partial charge on any atom is 0.412 e. The van der Waals surface area contributed by atoms with Crippen molar-refractivity contribution < 1.29 is 29.0 Å². The molecule has 4 aromatic rings. The van der Waals surface area contributed by atoms with Crippen molar-refractivity contribution in [2.24, 2.45) is 0 Å². The Morgan fingerprint density at radius 1 is 0.923 bits per heavy atom. The van der Waals surface area contributed by atoms with Gasteiger partial charge < -0.3 is 19.9 Å². The summed E-state index contributed by atoms with van der Waals surface area (Å²) in [4.78, 5) is 45.1. The third-order valence-corrected chi connectivity index (χ3v) is 5.69. The van der Waals surface area contributed by atoms with Crippen LogP contribution in [0.2, 0.25) is 0 Å². The Labute approximate surface area is 224 Å². The SMILES string of the molecule is CC(OC(=O)Nc1cncnc1-c1ccc(C(=O)NC(COc2ccccc2)C(=O)O)cc1)c1ccccc1. The number of carboxylic acids is 1. The van der Waals surface area contributed by atoms with E-state index in [1.807, 2.05) is 36.4 Å². The highest BCUT2D eigenvalue weighted by molar-refractivity contribution is 5.97. The second-order valence-corrected chi connectivity index (χ2v) is 8.43. The first-order chi connectivity index (χ1) is 18.9. The topological polar surface area (TPSA) is 140 Å². The zero-order valence-corrected chi connectivity index (χ0v) is 21.0. The number of para-hydroxylation sites is 1. The number of aliphatic carboxylic acids is 1. The van der Waals surface area contributed by atoms with E-state index < -0.39 is 30.1 Å². The van der Waals surface area contributed by atoms with Gasteiger partial charge in [0, 0.05) is 11.1 Å². The first-order valence-electron chi connectivity index (χ1n) is 12.0. The van der Waals surface area contributed by atoms with Gasteiger partial charge in [-0.25, -0.2) is 19.6 Å². The molecule has 1 heterocycles. The molecule has 0 fully saturated rings. The number of ether oxygens (including phenoxy) is 2. The van der Waals surface area contributed by atoms with Crippen molar-refractivity contribution in [2.45, 2.75) is 19.1 Å². The van der Waals surface area contributed by atoms with Crippen LogP contribution < -0.4 is 15.4 Å². The molecule has 10 nitrogen and oxygen atoms in total. The smallest absolute Gasteiger partial charge is 0.412 e. The molecule has 0 bridgehead atoms. The van der Waals surface area contributed by atoms with Crippen molar-refractivity contribution in [2.75, 3.05) is 11.9 Å². The molecule has 2 unspecified atom stereocenters. The molecule has 0 saturated heterocycles. The van der Waals surface area contributed by atoms with E-state index in [0.29, 0.717) is 22.7 Å². The Kier molecular flexibility index (Phi) is 8.81. The van der Waals surface area contributed by atoms with Crippen LogP contribution in [0.25, 0.3) is 11.3 Å². The number of nitrogens with one attached hydrogen (secondary N) is 2. The molecule has 10 heteroatoms. The van der Waals surface area contributed by atoms with Crippen LogP contribution in [0.5, 0.6) is 5.75 Å². The predicted octanol–water partition coefficient (Wildman–Crippen LogP) is 4.72. The Balaban J connectivity index is 1.40. The van der Waals surface area contributed by atoms with Gasteiger partial charge in [-0.15, -0.1) is 0 Å². The molecule has 39 heavy (non-hydrogen) atoms. The Bertz CT molecular complexity index is 1410. The van der Waals surface area contributed by atoms with Crippen molar-refractivity contribution in [1.29, 1.82) is 0 Å². The number of carboxylic acid groups (broad SMARTS) is 1. The van der Waals surface area contributed by atoms with E-state index in [1.165, 1.54) is 24.7 Å². The van der Waals surface area contributed by atoms with E-state index in [0.717, 1.165) is 5.56 Å². The summed E-state index contributed by atoms with van der Waals surface area (Å²) in [7, 11) is 0. The largest absolute Gasteiger partial charge is 0.491 e. The van der Waals surface area contributed by atoms with Crippen LogP contribution in [-0.2, 0) is 9.53 Å². The highest BCUT2D eigenvalue weighted by atomic mass is 16.6. The minimum absolute atomic E-state index is 0.238. The zero-order chi connectivity index (χ0) is 27.6. The fourth-order valence-electron chi connectivity index (χ4n) is 3.64. The van der Waals surface area contributed by atoms with Crippen LogP contribution in [0.3, 0.4) is 0 Å². The molecule has 0 spiro atoms. The van der Waals surface area contributed by atoms with E-state index in [2.05, 4.69) is 20.6 Å². The first kappa shape index (κ1) is 26.8. The Morgan fingerprint density at radius 2 is 1.59 bits per heavy atom. The van der Waals surface area contributed by atoms with Crippen molar-refractivity contribution in [3.63, 3.8) is 0 Å². The molecular weight excluding hydrogens is 500 g/mol. The van der Waals surface area contributed by atoms with Crippen molar-refractivity contribution in [1.82, 2.24) is 15.3 Å². The van der Waals surface area contributed by atoms with Gasteiger partial charge in [0.2, 0.25) is 0 Å². The standard InChI is InChI=1S/C29H26N4O6/c1-19(20-8-4-2-5-9-20)39-29(37)33-24-16-30-18-31-26(24)21-12-14-22(15-13-21)27(34)32-25(28(35)36)17-38-23-10-6-3-7-11-23/h2-16,18-19,25H,17H2,1H3,(H,32,34)(H,33,37)(H,35,36). The molecule has 0 aliphatic carbocycles.